The van der Waals surface area contributed by atoms with E-state index in [2.05, 4.69) is 133 Å². The van der Waals surface area contributed by atoms with Crippen molar-refractivity contribution in [1.29, 1.82) is 0 Å². The summed E-state index contributed by atoms with van der Waals surface area (Å²) in [6.45, 7) is 15.1. The zero-order chi connectivity index (χ0) is 69.2. The molecule has 0 bridgehead atoms. The van der Waals surface area contributed by atoms with Gasteiger partial charge in [-0.3, -0.25) is 40.5 Å². The maximum absolute atomic E-state index is 12.6. The number of rotatable bonds is 16. The molecule has 9 aromatic rings. The predicted octanol–water partition coefficient (Wildman–Crippen LogP) is 22.8. The molecule has 14 nitrogen and oxygen atoms in total. The quantitative estimate of drug-likeness (QED) is 0.0513. The maximum atomic E-state index is 12.6. The van der Waals surface area contributed by atoms with Crippen LogP contribution >= 0.6 is 0 Å². The van der Waals surface area contributed by atoms with Crippen molar-refractivity contribution < 1.29 is 19.7 Å². The topological polar surface area (TPSA) is 179 Å². The number of allylic oxidation sites excluding steroid dienone is 10. The number of anilines is 2. The first kappa shape index (κ1) is 65.6. The number of hydrogen-bond acceptors (Lipinski definition) is 10. The van der Waals surface area contributed by atoms with Crippen molar-refractivity contribution in [3.8, 4) is 0 Å². The number of nitrogens with zero attached hydrogens (tertiary/aromatic N) is 6. The highest BCUT2D eigenvalue weighted by molar-refractivity contribution is 5.98. The van der Waals surface area contributed by atoms with Gasteiger partial charge in [-0.25, -0.2) is 0 Å². The van der Waals surface area contributed by atoms with Gasteiger partial charge in [-0.2, -0.15) is 0 Å². The number of nitro groups is 4. The lowest BCUT2D eigenvalue weighted by Gasteiger charge is -2.41. The van der Waals surface area contributed by atoms with Gasteiger partial charge in [0, 0.05) is 106 Å². The highest BCUT2D eigenvalue weighted by Crippen LogP contribution is 2.61. The number of hydrogen-bond donors (Lipinski definition) is 0. The summed E-state index contributed by atoms with van der Waals surface area (Å²) in [6, 6.07) is 47.0. The first-order chi connectivity index (χ1) is 48.4. The van der Waals surface area contributed by atoms with Gasteiger partial charge in [0.1, 0.15) is 0 Å². The van der Waals surface area contributed by atoms with E-state index >= 15 is 0 Å². The molecule has 4 saturated carbocycles. The summed E-state index contributed by atoms with van der Waals surface area (Å²) in [7, 11) is 0. The minimum atomic E-state index is -0.444. The number of non-ortho nitro benzene ring substituents is 4. The van der Waals surface area contributed by atoms with Gasteiger partial charge in [-0.15, -0.1) is 0 Å². The molecule has 14 heteroatoms. The number of nitro benzene ring substituents is 4. The second kappa shape index (κ2) is 26.1. The van der Waals surface area contributed by atoms with Gasteiger partial charge in [0.2, 0.25) is 0 Å². The highest BCUT2D eigenvalue weighted by atomic mass is 16.6. The van der Waals surface area contributed by atoms with Crippen LogP contribution in [0.5, 0.6) is 0 Å². The van der Waals surface area contributed by atoms with Crippen LogP contribution in [0.2, 0.25) is 0 Å². The van der Waals surface area contributed by atoms with E-state index in [0.717, 1.165) is 250 Å². The van der Waals surface area contributed by atoms with Gasteiger partial charge in [0.15, 0.2) is 0 Å². The van der Waals surface area contributed by atoms with Gasteiger partial charge in [0.25, 0.3) is 22.7 Å². The van der Waals surface area contributed by atoms with Crippen LogP contribution in [-0.4, -0.2) is 19.7 Å². The van der Waals surface area contributed by atoms with Crippen LogP contribution in [0.4, 0.5) is 34.1 Å². The van der Waals surface area contributed by atoms with E-state index < -0.39 is 21.7 Å². The molecule has 0 aromatic heterocycles. The third kappa shape index (κ3) is 11.1. The van der Waals surface area contributed by atoms with E-state index in [0.29, 0.717) is 13.1 Å². The van der Waals surface area contributed by atoms with Crippen LogP contribution in [0, 0.1) is 54.3 Å². The molecular weight excluding hydrogens is 1240 g/mol. The van der Waals surface area contributed by atoms with Gasteiger partial charge in [-0.1, -0.05) is 175 Å². The highest BCUT2D eigenvalue weighted by Gasteiger charge is 2.51. The van der Waals surface area contributed by atoms with Crippen molar-refractivity contribution in [3.63, 3.8) is 0 Å². The average Bonchev–Trinajstić information content (AvgIpc) is 1.56. The van der Waals surface area contributed by atoms with Crippen molar-refractivity contribution in [2.75, 3.05) is 9.80 Å². The fraction of sp³-hybridized carbons (Fsp3) is 0.326. The van der Waals surface area contributed by atoms with Crippen LogP contribution in [0.3, 0.4) is 0 Å². The standard InChI is InChI=1S/C86H84N6O8/c1-57-23-29-63-31-37-67(89(93)94)51-71(63)79(57)83(43-9-5-10-44-83)59(3)19-17-21-77-85(47-13-7-14-48-85)81-73-53-69(91(97)98)39-33-65(73)35-41-75(81)87(77)55-61-25-27-62(28-26-61)56-88-76-42-36-66-34-40-70(92(99)100)54-74(66)82(76)86(49-15-8-16-50-86)78(88)22-18-20-60(4)84(45-11-6-12-46-84)80-58(2)24-30-64-32-38-68(90(95)96)52-72(64)80/h17-42,51-54H,3-16,43-50,55-56H2,1-2H3/b19-17+,20-18+,77-21+,78-22+. The SMILES string of the molecule is C=C(/C=C/C=C1/N(Cc2ccc(CN3/C(=C/C=C/C(=C)C4(c5c(C)ccc6ccc([N+](=O)[O-])cc56)CCCCC4)C4(CCCCC4)c4c3ccc3ccc([N+](=O)[O-])cc43)cc2)c2ccc3ccc([N+](=O)[O-])cc3c2C12CCCCC2)C1(c2c(C)ccc3ccc([N+](=O)[O-])cc23)CCCCC1. The Bertz CT molecular complexity index is 4720. The molecule has 4 aliphatic carbocycles. The molecule has 0 radical (unpaired) electrons. The van der Waals surface area contributed by atoms with Crippen LogP contribution in [0.1, 0.15) is 173 Å². The zero-order valence-electron chi connectivity index (χ0n) is 57.2. The number of aryl methyl sites for hydroxylation is 2. The second-order valence-corrected chi connectivity index (χ2v) is 29.5. The smallest absolute Gasteiger partial charge is 0.270 e. The van der Waals surface area contributed by atoms with Crippen LogP contribution in [-0.2, 0) is 34.7 Å². The second-order valence-electron chi connectivity index (χ2n) is 29.5. The Kier molecular flexibility index (Phi) is 17.1. The lowest BCUT2D eigenvalue weighted by Crippen LogP contribution is -2.33. The summed E-state index contributed by atoms with van der Waals surface area (Å²) in [5.74, 6) is 0. The van der Waals surface area contributed by atoms with Gasteiger partial charge in [-0.05, 0) is 213 Å². The van der Waals surface area contributed by atoms with E-state index in [1.165, 1.54) is 0 Å². The van der Waals surface area contributed by atoms with Gasteiger partial charge < -0.3 is 9.80 Å². The largest absolute Gasteiger partial charge is 0.339 e. The van der Waals surface area contributed by atoms with Crippen molar-refractivity contribution in [1.82, 2.24) is 0 Å². The number of fused-ring (bicyclic) bond motifs is 10. The average molecular weight is 1330 g/mol. The summed E-state index contributed by atoms with van der Waals surface area (Å²) >= 11 is 0. The van der Waals surface area contributed by atoms with Crippen molar-refractivity contribution in [2.45, 2.75) is 177 Å². The Morgan fingerprint density at radius 1 is 0.380 bits per heavy atom. The molecule has 0 atom stereocenters. The van der Waals surface area contributed by atoms with Crippen LogP contribution in [0.25, 0.3) is 43.1 Å². The van der Waals surface area contributed by atoms with E-state index in [-0.39, 0.29) is 42.4 Å². The molecule has 2 heterocycles. The molecule has 4 fully saturated rings. The zero-order valence-corrected chi connectivity index (χ0v) is 57.2. The first-order valence-electron chi connectivity index (χ1n) is 36.0. The molecule has 2 spiro atoms. The minimum absolute atomic E-state index is 0.0647. The Balaban J connectivity index is 0.817. The number of benzene rings is 9. The molecule has 9 aromatic carbocycles. The van der Waals surface area contributed by atoms with E-state index in [4.69, 9.17) is 13.2 Å². The molecule has 0 amide bonds. The maximum Gasteiger partial charge on any atom is 0.270 e. The Morgan fingerprint density at radius 2 is 0.660 bits per heavy atom. The lowest BCUT2D eigenvalue weighted by molar-refractivity contribution is -0.384. The summed E-state index contributed by atoms with van der Waals surface area (Å²) in [6.07, 6.45) is 32.8. The normalized spacial score (nSPS) is 19.2. The van der Waals surface area contributed by atoms with Crippen molar-refractivity contribution in [3.05, 3.63) is 303 Å². The van der Waals surface area contributed by atoms with Crippen molar-refractivity contribution >= 4 is 77.2 Å². The monoisotopic (exact) mass is 1330 g/mol. The summed E-state index contributed by atoms with van der Waals surface area (Å²) < 4.78 is 0. The predicted molar refractivity (Wildman–Crippen MR) is 402 cm³/mol. The molecule has 506 valence electrons. The molecule has 6 aliphatic rings. The molecule has 2 aliphatic heterocycles. The summed E-state index contributed by atoms with van der Waals surface area (Å²) in [4.78, 5) is 53.5. The molecule has 0 N–H and O–H groups in total. The Morgan fingerprint density at radius 3 is 0.970 bits per heavy atom. The van der Waals surface area contributed by atoms with E-state index in [1.807, 2.05) is 24.3 Å². The van der Waals surface area contributed by atoms with Crippen LogP contribution in [0.15, 0.2) is 218 Å². The van der Waals surface area contributed by atoms with Crippen molar-refractivity contribution in [2.24, 2.45) is 0 Å². The Labute approximate surface area is 583 Å². The molecule has 0 unspecified atom stereocenters. The van der Waals surface area contributed by atoms with Crippen LogP contribution < -0.4 is 9.80 Å². The Hall–Kier alpha value is -10.3. The fourth-order valence-corrected chi connectivity index (χ4v) is 19.5. The molecular formula is C86H84N6O8. The molecule has 15 rings (SSSR count). The minimum Gasteiger partial charge on any atom is -0.339 e. The fourth-order valence-electron chi connectivity index (χ4n) is 19.5. The lowest BCUT2D eigenvalue weighted by atomic mass is 9.63. The van der Waals surface area contributed by atoms with Gasteiger partial charge in [0.05, 0.1) is 19.7 Å². The summed E-state index contributed by atoms with van der Waals surface area (Å²) in [5, 5.41) is 57.2. The third-order valence-corrected chi connectivity index (χ3v) is 24.2. The summed E-state index contributed by atoms with van der Waals surface area (Å²) in [5.41, 5.74) is 13.7. The van der Waals surface area contributed by atoms with E-state index in [1.54, 1.807) is 48.5 Å². The third-order valence-electron chi connectivity index (χ3n) is 24.2. The molecule has 100 heavy (non-hydrogen) atoms. The first-order valence-corrected chi connectivity index (χ1v) is 36.0. The van der Waals surface area contributed by atoms with E-state index in [9.17, 15) is 40.5 Å². The van der Waals surface area contributed by atoms with Gasteiger partial charge >= 0.3 is 0 Å². The molecule has 0 saturated heterocycles.